The van der Waals surface area contributed by atoms with Gasteiger partial charge in [0.15, 0.2) is 0 Å². The first-order valence-corrected chi connectivity index (χ1v) is 13.0. The average Bonchev–Trinajstić information content (AvgIpc) is 2.93. The summed E-state index contributed by atoms with van der Waals surface area (Å²) in [7, 11) is 0. The SMILES string of the molecule is CSC1=C(SC)C(=C2C(=S)C(S)C(S)C2=S)C(SC)=C1SC. The van der Waals surface area contributed by atoms with Crippen molar-refractivity contribution in [3.8, 4) is 0 Å². The largest absolute Gasteiger partial charge is 0.169 e. The van der Waals surface area contributed by atoms with E-state index in [1.807, 2.05) is 0 Å². The van der Waals surface area contributed by atoms with Crippen LogP contribution in [0, 0.1) is 0 Å². The molecule has 1 saturated carbocycles. The first kappa shape index (κ1) is 19.8. The highest BCUT2D eigenvalue weighted by atomic mass is 32.2. The third-order valence-corrected chi connectivity index (χ3v) is 9.74. The molecule has 0 saturated heterocycles. The molecule has 0 bridgehead atoms. The second-order valence-electron chi connectivity index (χ2n) is 4.50. The fraction of sp³-hybridized carbons (Fsp3) is 0.429. The lowest BCUT2D eigenvalue weighted by atomic mass is 10.1. The van der Waals surface area contributed by atoms with Gasteiger partial charge in [0, 0.05) is 40.5 Å². The first-order valence-electron chi connectivity index (χ1n) is 6.28. The van der Waals surface area contributed by atoms with Crippen LogP contribution in [0.4, 0.5) is 0 Å². The lowest BCUT2D eigenvalue weighted by Gasteiger charge is -2.12. The van der Waals surface area contributed by atoms with Gasteiger partial charge in [0.25, 0.3) is 0 Å². The average molecular weight is 441 g/mol. The number of thiocarbonyl (C=S) groups is 2. The number of thioether (sulfide) groups is 4. The van der Waals surface area contributed by atoms with Gasteiger partial charge in [0.2, 0.25) is 0 Å². The van der Waals surface area contributed by atoms with Gasteiger partial charge in [0.1, 0.15) is 0 Å². The molecule has 0 aliphatic heterocycles. The van der Waals surface area contributed by atoms with Gasteiger partial charge in [-0.25, -0.2) is 0 Å². The molecule has 8 heteroatoms. The molecule has 0 aromatic rings. The lowest BCUT2D eigenvalue weighted by Crippen LogP contribution is -2.15. The summed E-state index contributed by atoms with van der Waals surface area (Å²) in [6.45, 7) is 0. The van der Waals surface area contributed by atoms with E-state index >= 15 is 0 Å². The molecular weight excluding hydrogens is 425 g/mol. The van der Waals surface area contributed by atoms with Gasteiger partial charge < -0.3 is 0 Å². The Kier molecular flexibility index (Phi) is 7.43. The topological polar surface area (TPSA) is 0 Å². The molecule has 2 unspecified atom stereocenters. The Morgan fingerprint density at radius 1 is 0.636 bits per heavy atom. The van der Waals surface area contributed by atoms with Gasteiger partial charge >= 0.3 is 0 Å². The Morgan fingerprint density at radius 2 is 0.955 bits per heavy atom. The maximum absolute atomic E-state index is 5.66. The monoisotopic (exact) mass is 440 g/mol. The number of rotatable bonds is 4. The minimum atomic E-state index is -0.0735. The first-order chi connectivity index (χ1) is 10.4. The highest BCUT2D eigenvalue weighted by molar-refractivity contribution is 8.11. The normalized spacial score (nSPS) is 26.1. The maximum Gasteiger partial charge on any atom is 0.0541 e. The molecule has 0 aromatic heterocycles. The van der Waals surface area contributed by atoms with Crippen molar-refractivity contribution in [1.29, 1.82) is 0 Å². The summed E-state index contributed by atoms with van der Waals surface area (Å²) in [6.07, 6.45) is 8.48. The van der Waals surface area contributed by atoms with Gasteiger partial charge in [-0.15, -0.1) is 47.0 Å². The van der Waals surface area contributed by atoms with Crippen LogP contribution in [0.2, 0.25) is 0 Å². The zero-order valence-corrected chi connectivity index (χ0v) is 19.2. The molecule has 120 valence electrons. The maximum atomic E-state index is 5.66. The Morgan fingerprint density at radius 3 is 1.23 bits per heavy atom. The van der Waals surface area contributed by atoms with Gasteiger partial charge in [-0.05, 0) is 25.0 Å². The molecule has 0 aromatic carbocycles. The predicted octanol–water partition coefficient (Wildman–Crippen LogP) is 5.52. The molecule has 2 rings (SSSR count). The van der Waals surface area contributed by atoms with E-state index in [1.54, 1.807) is 47.0 Å². The summed E-state index contributed by atoms with van der Waals surface area (Å²) in [5.74, 6) is 0. The van der Waals surface area contributed by atoms with E-state index in [-0.39, 0.29) is 10.5 Å². The van der Waals surface area contributed by atoms with Gasteiger partial charge in [-0.3, -0.25) is 0 Å². The Balaban J connectivity index is 2.79. The third kappa shape index (κ3) is 3.16. The molecule has 2 aliphatic carbocycles. The summed E-state index contributed by atoms with van der Waals surface area (Å²) in [4.78, 5) is 6.90. The van der Waals surface area contributed by atoms with E-state index in [4.69, 9.17) is 24.4 Å². The number of hydrogen-bond acceptors (Lipinski definition) is 8. The molecule has 2 atom stereocenters. The standard InChI is InChI=1S/C14H16S8/c1-19-11-6(5-7(15)9(17)10(18)8(5)16)12(20-2)14(22-4)13(11)21-3/h9-10,17-18H,1-4H3. The van der Waals surface area contributed by atoms with Crippen LogP contribution in [0.25, 0.3) is 0 Å². The van der Waals surface area contributed by atoms with Crippen molar-refractivity contribution in [1.82, 2.24) is 0 Å². The second-order valence-corrected chi connectivity index (χ2v) is 9.76. The Bertz CT molecular complexity index is 573. The molecule has 0 radical (unpaired) electrons. The van der Waals surface area contributed by atoms with E-state index in [9.17, 15) is 0 Å². The minimum Gasteiger partial charge on any atom is -0.169 e. The van der Waals surface area contributed by atoms with Crippen molar-refractivity contribution in [2.24, 2.45) is 0 Å². The van der Waals surface area contributed by atoms with Crippen LogP contribution in [-0.4, -0.2) is 45.3 Å². The fourth-order valence-corrected chi connectivity index (χ4v) is 8.23. The molecule has 0 N–H and O–H groups in total. The van der Waals surface area contributed by atoms with Crippen molar-refractivity contribution < 1.29 is 0 Å². The van der Waals surface area contributed by atoms with Gasteiger partial charge in [-0.1, -0.05) is 24.4 Å². The zero-order valence-electron chi connectivity index (χ0n) is 12.5. The van der Waals surface area contributed by atoms with E-state index in [2.05, 4.69) is 50.3 Å². The molecule has 0 amide bonds. The predicted molar refractivity (Wildman–Crippen MR) is 126 cm³/mol. The summed E-state index contributed by atoms with van der Waals surface area (Å²) < 4.78 is 0. The number of hydrogen-bond donors (Lipinski definition) is 2. The van der Waals surface area contributed by atoms with E-state index in [0.29, 0.717) is 0 Å². The van der Waals surface area contributed by atoms with Gasteiger partial charge in [0.05, 0.1) is 10.5 Å². The number of thiol groups is 2. The molecule has 0 heterocycles. The van der Waals surface area contributed by atoms with Crippen LogP contribution < -0.4 is 0 Å². The Hall–Kier alpha value is 1.50. The van der Waals surface area contributed by atoms with Crippen molar-refractivity contribution >= 4 is 106 Å². The van der Waals surface area contributed by atoms with E-state index in [1.165, 1.54) is 25.2 Å². The summed E-state index contributed by atoms with van der Waals surface area (Å²) in [5, 5.41) is -0.147. The van der Waals surface area contributed by atoms with E-state index < -0.39 is 0 Å². The van der Waals surface area contributed by atoms with Crippen molar-refractivity contribution in [2.75, 3.05) is 25.0 Å². The molecule has 1 fully saturated rings. The lowest BCUT2D eigenvalue weighted by molar-refractivity contribution is 1.30. The Labute approximate surface area is 171 Å². The molecule has 0 nitrogen and oxygen atoms in total. The van der Waals surface area contributed by atoms with Crippen LogP contribution in [-0.2, 0) is 0 Å². The highest BCUT2D eigenvalue weighted by Gasteiger charge is 2.41. The quantitative estimate of drug-likeness (QED) is 0.333. The van der Waals surface area contributed by atoms with E-state index in [0.717, 1.165) is 15.3 Å². The smallest absolute Gasteiger partial charge is 0.0541 e. The molecular formula is C14H16S8. The summed E-state index contributed by atoms with van der Waals surface area (Å²) >= 11 is 27.6. The third-order valence-electron chi connectivity index (χ3n) is 3.47. The van der Waals surface area contributed by atoms with Crippen molar-refractivity contribution in [3.63, 3.8) is 0 Å². The molecule has 2 aliphatic rings. The molecule has 0 spiro atoms. The second kappa shape index (κ2) is 8.25. The van der Waals surface area contributed by atoms with Gasteiger partial charge in [-0.2, -0.15) is 25.3 Å². The van der Waals surface area contributed by atoms with Crippen LogP contribution in [0.15, 0.2) is 30.8 Å². The van der Waals surface area contributed by atoms with Crippen LogP contribution in [0.3, 0.4) is 0 Å². The fourth-order valence-electron chi connectivity index (χ4n) is 2.47. The minimum absolute atomic E-state index is 0.0735. The summed E-state index contributed by atoms with van der Waals surface area (Å²) in [5.41, 5.74) is 2.23. The van der Waals surface area contributed by atoms with Crippen LogP contribution in [0.5, 0.6) is 0 Å². The zero-order chi connectivity index (χ0) is 16.6. The van der Waals surface area contributed by atoms with Crippen molar-refractivity contribution in [3.05, 3.63) is 30.8 Å². The summed E-state index contributed by atoms with van der Waals surface area (Å²) in [6, 6.07) is 0. The van der Waals surface area contributed by atoms with Crippen LogP contribution >= 0.6 is 96.7 Å². The highest BCUT2D eigenvalue weighted by Crippen LogP contribution is 2.54. The van der Waals surface area contributed by atoms with Crippen molar-refractivity contribution in [2.45, 2.75) is 10.5 Å². The van der Waals surface area contributed by atoms with Crippen LogP contribution in [0.1, 0.15) is 0 Å². The number of allylic oxidation sites excluding steroid dienone is 3. The molecule has 22 heavy (non-hydrogen) atoms.